The van der Waals surface area contributed by atoms with Crippen LogP contribution in [-0.4, -0.2) is 0 Å². The normalized spacial score (nSPS) is 13.3. The van der Waals surface area contributed by atoms with E-state index in [1.165, 1.54) is 0 Å². The number of rotatable bonds is 3. The van der Waals surface area contributed by atoms with E-state index in [-0.39, 0.29) is 29.8 Å². The first-order valence-corrected chi connectivity index (χ1v) is 10.7. The van der Waals surface area contributed by atoms with E-state index in [0.29, 0.717) is 22.0 Å². The molecule has 7 rings (SSSR count). The van der Waals surface area contributed by atoms with Gasteiger partial charge >= 0.3 is 0 Å². The van der Waals surface area contributed by atoms with Crippen LogP contribution in [0.15, 0.2) is 118 Å². The van der Waals surface area contributed by atoms with Crippen molar-refractivity contribution in [3.63, 3.8) is 0 Å². The molecular weight excluding hydrogens is 406 g/mol. The Morgan fingerprint density at radius 1 is 0.576 bits per heavy atom. The van der Waals surface area contributed by atoms with Gasteiger partial charge in [-0.1, -0.05) is 72.7 Å². The largest absolute Gasteiger partial charge is 0.456 e. The third-order valence-electron chi connectivity index (χ3n) is 6.01. The molecule has 2 aromatic heterocycles. The van der Waals surface area contributed by atoms with Gasteiger partial charge in [0.1, 0.15) is 16.7 Å². The first-order valence-electron chi connectivity index (χ1n) is 12.7. The van der Waals surface area contributed by atoms with Gasteiger partial charge < -0.3 is 14.2 Å². The van der Waals surface area contributed by atoms with Crippen molar-refractivity contribution in [3.8, 4) is 11.1 Å². The summed E-state index contributed by atoms with van der Waals surface area (Å²) in [5, 5.41) is 6.41. The summed E-state index contributed by atoms with van der Waals surface area (Å²) in [6.07, 6.45) is 0. The molecule has 0 bridgehead atoms. The van der Waals surface area contributed by atoms with Crippen LogP contribution in [0.4, 0.5) is 11.4 Å². The van der Waals surface area contributed by atoms with Crippen molar-refractivity contribution >= 4 is 55.3 Å². The number of hydrogen-bond acceptors (Lipinski definition) is 3. The van der Waals surface area contributed by atoms with Crippen LogP contribution in [0.1, 0.15) is 5.48 Å². The number of hydrogen-bond donors (Lipinski definition) is 1. The Morgan fingerprint density at radius 3 is 2.36 bits per heavy atom. The topological polar surface area (TPSA) is 38.3 Å². The molecule has 2 heterocycles. The lowest BCUT2D eigenvalue weighted by molar-refractivity contribution is 0.668. The summed E-state index contributed by atoms with van der Waals surface area (Å²) in [7, 11) is 0. The molecule has 1 N–H and O–H groups in total. The number of nitrogens with one attached hydrogen (secondary N) is 1. The van der Waals surface area contributed by atoms with E-state index in [1.54, 1.807) is 0 Å². The van der Waals surface area contributed by atoms with E-state index in [1.807, 2.05) is 60.7 Å². The minimum Gasteiger partial charge on any atom is -0.456 e. The zero-order valence-electron chi connectivity index (χ0n) is 21.4. The van der Waals surface area contributed by atoms with E-state index < -0.39 is 0 Å². The second kappa shape index (κ2) is 7.01. The average Bonchev–Trinajstić information content (AvgIpc) is 3.51. The van der Waals surface area contributed by atoms with Crippen molar-refractivity contribution < 1.29 is 14.3 Å². The van der Waals surface area contributed by atoms with Gasteiger partial charge in [-0.05, 0) is 47.5 Å². The van der Waals surface area contributed by atoms with Gasteiger partial charge in [0.25, 0.3) is 0 Å². The van der Waals surface area contributed by atoms with Gasteiger partial charge in [-0.25, -0.2) is 0 Å². The molecule has 7 aromatic rings. The summed E-state index contributed by atoms with van der Waals surface area (Å²) >= 11 is 0. The second-order valence-corrected chi connectivity index (χ2v) is 7.97. The molecule has 0 aliphatic carbocycles. The molecule has 0 spiro atoms. The van der Waals surface area contributed by atoms with Crippen molar-refractivity contribution in [1.82, 2.24) is 0 Å². The number of fused-ring (bicyclic) bond motifs is 6. The van der Waals surface area contributed by atoms with E-state index in [2.05, 4.69) is 29.6 Å². The van der Waals surface area contributed by atoms with Gasteiger partial charge in [0, 0.05) is 16.2 Å². The third kappa shape index (κ3) is 2.83. The fourth-order valence-corrected chi connectivity index (χ4v) is 4.50. The lowest BCUT2D eigenvalue weighted by atomic mass is 10.0. The fourth-order valence-electron chi connectivity index (χ4n) is 4.50. The minimum atomic E-state index is -0.310. The van der Waals surface area contributed by atoms with Crippen LogP contribution in [0, 0.1) is 0 Å². The SMILES string of the molecule is [2H]c1c([2H])c([2H])c2c(oc3c(Nc4cccc5oc6ccc(-c7ccccc7)cc6c45)cccc32)c1[2H]. The molecule has 0 radical (unpaired) electrons. The second-order valence-electron chi connectivity index (χ2n) is 7.97. The van der Waals surface area contributed by atoms with Crippen LogP contribution in [0.2, 0.25) is 0 Å². The van der Waals surface area contributed by atoms with Gasteiger partial charge in [-0.2, -0.15) is 0 Å². The number of para-hydroxylation sites is 2. The molecule has 3 nitrogen and oxygen atoms in total. The maximum Gasteiger partial charge on any atom is 0.158 e. The smallest absolute Gasteiger partial charge is 0.158 e. The zero-order chi connectivity index (χ0) is 25.3. The quantitative estimate of drug-likeness (QED) is 0.305. The van der Waals surface area contributed by atoms with Crippen LogP contribution in [-0.2, 0) is 0 Å². The lowest BCUT2D eigenvalue weighted by Crippen LogP contribution is -1.91. The van der Waals surface area contributed by atoms with E-state index in [9.17, 15) is 0 Å². The molecule has 0 amide bonds. The molecule has 0 saturated heterocycles. The van der Waals surface area contributed by atoms with Crippen molar-refractivity contribution in [3.05, 3.63) is 109 Å². The van der Waals surface area contributed by atoms with Crippen LogP contribution in [0.25, 0.3) is 55.0 Å². The van der Waals surface area contributed by atoms with E-state index in [0.717, 1.165) is 38.8 Å². The highest BCUT2D eigenvalue weighted by Gasteiger charge is 2.15. The van der Waals surface area contributed by atoms with Crippen molar-refractivity contribution in [2.45, 2.75) is 0 Å². The van der Waals surface area contributed by atoms with Crippen LogP contribution in [0.5, 0.6) is 0 Å². The minimum absolute atomic E-state index is 0.108. The van der Waals surface area contributed by atoms with Gasteiger partial charge in [0.05, 0.1) is 22.2 Å². The zero-order valence-corrected chi connectivity index (χ0v) is 17.4. The maximum absolute atomic E-state index is 8.40. The number of furan rings is 2. The van der Waals surface area contributed by atoms with Gasteiger partial charge in [-0.3, -0.25) is 0 Å². The summed E-state index contributed by atoms with van der Waals surface area (Å²) in [6.45, 7) is 0. The highest BCUT2D eigenvalue weighted by atomic mass is 16.3. The monoisotopic (exact) mass is 429 g/mol. The Bertz CT molecular complexity index is 2010. The molecule has 0 unspecified atom stereocenters. The van der Waals surface area contributed by atoms with Crippen LogP contribution in [0.3, 0.4) is 0 Å². The molecule has 33 heavy (non-hydrogen) atoms. The fraction of sp³-hybridized carbons (Fsp3) is 0. The molecule has 0 atom stereocenters. The molecule has 0 saturated carbocycles. The Balaban J connectivity index is 1.43. The van der Waals surface area contributed by atoms with E-state index in [4.69, 9.17) is 14.3 Å². The lowest BCUT2D eigenvalue weighted by Gasteiger charge is -2.09. The predicted molar refractivity (Wildman–Crippen MR) is 136 cm³/mol. The summed E-state index contributed by atoms with van der Waals surface area (Å²) < 4.78 is 45.0. The average molecular weight is 430 g/mol. The maximum atomic E-state index is 8.40. The molecule has 3 heteroatoms. The molecule has 156 valence electrons. The van der Waals surface area contributed by atoms with Crippen LogP contribution >= 0.6 is 0 Å². The molecule has 0 aliphatic heterocycles. The molecular formula is C30H19NO2. The highest BCUT2D eigenvalue weighted by molar-refractivity contribution is 6.14. The highest BCUT2D eigenvalue weighted by Crippen LogP contribution is 2.40. The predicted octanol–water partition coefficient (Wildman–Crippen LogP) is 8.90. The molecule has 0 aliphatic rings. The van der Waals surface area contributed by atoms with Gasteiger partial charge in [0.2, 0.25) is 0 Å². The van der Waals surface area contributed by atoms with Crippen molar-refractivity contribution in [2.75, 3.05) is 5.32 Å². The van der Waals surface area contributed by atoms with Crippen molar-refractivity contribution in [1.29, 1.82) is 0 Å². The molecule has 5 aromatic carbocycles. The van der Waals surface area contributed by atoms with Gasteiger partial charge in [-0.15, -0.1) is 0 Å². The Kier molecular flexibility index (Phi) is 3.09. The van der Waals surface area contributed by atoms with Crippen LogP contribution < -0.4 is 5.32 Å². The van der Waals surface area contributed by atoms with E-state index >= 15 is 0 Å². The summed E-state index contributed by atoms with van der Waals surface area (Å²) in [6, 6.07) is 26.9. The Labute approximate surface area is 195 Å². The van der Waals surface area contributed by atoms with Gasteiger partial charge in [0.15, 0.2) is 5.58 Å². The Hall–Kier alpha value is -4.50. The number of anilines is 2. The number of benzene rings is 5. The Morgan fingerprint density at radius 2 is 1.42 bits per heavy atom. The third-order valence-corrected chi connectivity index (χ3v) is 6.01. The summed E-state index contributed by atoms with van der Waals surface area (Å²) in [4.78, 5) is 0. The summed E-state index contributed by atoms with van der Waals surface area (Å²) in [5.74, 6) is 0. The first-order chi connectivity index (χ1) is 18.0. The standard InChI is InChI=1S/C30H19NO2/c1-2-8-19(9-3-1)20-16-17-27-23(18-20)29-24(12-7-15-28(29)32-27)31-25-13-6-11-22-21-10-4-5-14-26(21)33-30(22)25/h1-18,31H/i4D,5D,10D,14D. The molecule has 0 fully saturated rings. The van der Waals surface area contributed by atoms with Crippen molar-refractivity contribution in [2.24, 2.45) is 0 Å². The first kappa shape index (κ1) is 14.5. The summed E-state index contributed by atoms with van der Waals surface area (Å²) in [5.41, 5.74) is 5.86.